The highest BCUT2D eigenvalue weighted by Gasteiger charge is 2.11. The van der Waals surface area contributed by atoms with Crippen molar-refractivity contribution in [2.45, 2.75) is 0 Å². The summed E-state index contributed by atoms with van der Waals surface area (Å²) in [6.45, 7) is 7.40. The van der Waals surface area contributed by atoms with Crippen LogP contribution in [0.2, 0.25) is 0 Å². The second-order valence-electron chi connectivity index (χ2n) is 5.55. The number of aromatic nitrogens is 1. The number of allylic oxidation sites excluding steroid dienone is 3. The number of amides is 1. The molecule has 1 aromatic heterocycles. The largest absolute Gasteiger partial charge is 0.457 e. The first-order valence-corrected chi connectivity index (χ1v) is 8.07. The molecule has 0 unspecified atom stereocenters. The van der Waals surface area contributed by atoms with E-state index in [1.54, 1.807) is 48.8 Å². The van der Waals surface area contributed by atoms with Crippen molar-refractivity contribution in [2.24, 2.45) is 0 Å². The molecule has 2 aromatic carbocycles. The van der Waals surface area contributed by atoms with Gasteiger partial charge in [0.2, 0.25) is 0 Å². The van der Waals surface area contributed by atoms with Gasteiger partial charge in [0.1, 0.15) is 11.5 Å². The van der Waals surface area contributed by atoms with Crippen molar-refractivity contribution in [3.05, 3.63) is 104 Å². The molecule has 0 atom stereocenters. The predicted molar refractivity (Wildman–Crippen MR) is 104 cm³/mol. The van der Waals surface area contributed by atoms with Crippen LogP contribution in [0.1, 0.15) is 10.4 Å². The molecule has 0 bridgehead atoms. The van der Waals surface area contributed by atoms with Crippen molar-refractivity contribution in [3.63, 3.8) is 0 Å². The van der Waals surface area contributed by atoms with Gasteiger partial charge in [-0.25, -0.2) is 0 Å². The van der Waals surface area contributed by atoms with Crippen LogP contribution in [0.3, 0.4) is 0 Å². The summed E-state index contributed by atoms with van der Waals surface area (Å²) >= 11 is 0. The highest BCUT2D eigenvalue weighted by Crippen LogP contribution is 2.27. The molecule has 4 nitrogen and oxygen atoms in total. The Morgan fingerprint density at radius 3 is 2.65 bits per heavy atom. The van der Waals surface area contributed by atoms with Gasteiger partial charge in [-0.3, -0.25) is 9.78 Å². The lowest BCUT2D eigenvalue weighted by molar-refractivity contribution is 0.0969. The third-order valence-electron chi connectivity index (χ3n) is 3.69. The van der Waals surface area contributed by atoms with Gasteiger partial charge in [0, 0.05) is 23.7 Å². The van der Waals surface area contributed by atoms with Gasteiger partial charge in [-0.1, -0.05) is 37.4 Å². The van der Waals surface area contributed by atoms with Crippen LogP contribution in [0.15, 0.2) is 98.0 Å². The van der Waals surface area contributed by atoms with Gasteiger partial charge in [0.15, 0.2) is 0 Å². The second kappa shape index (κ2) is 7.94. The summed E-state index contributed by atoms with van der Waals surface area (Å²) in [5.41, 5.74) is 1.08. The second-order valence-corrected chi connectivity index (χ2v) is 5.55. The van der Waals surface area contributed by atoms with Crippen LogP contribution in [0, 0.1) is 0 Å². The van der Waals surface area contributed by atoms with Crippen molar-refractivity contribution in [3.8, 4) is 11.5 Å². The summed E-state index contributed by atoms with van der Waals surface area (Å²) in [6, 6.07) is 14.8. The van der Waals surface area contributed by atoms with E-state index >= 15 is 0 Å². The molecule has 1 heterocycles. The number of fused-ring (bicyclic) bond motifs is 1. The van der Waals surface area contributed by atoms with Crippen LogP contribution in [0.4, 0.5) is 0 Å². The van der Waals surface area contributed by atoms with Crippen LogP contribution >= 0.6 is 0 Å². The number of benzene rings is 2. The topological polar surface area (TPSA) is 51.2 Å². The van der Waals surface area contributed by atoms with Gasteiger partial charge in [-0.15, -0.1) is 0 Å². The van der Waals surface area contributed by atoms with E-state index in [0.717, 1.165) is 10.8 Å². The number of hydrogen-bond donors (Lipinski definition) is 1. The van der Waals surface area contributed by atoms with E-state index in [9.17, 15) is 4.79 Å². The van der Waals surface area contributed by atoms with Gasteiger partial charge in [0.05, 0.1) is 0 Å². The molecule has 1 N–H and O–H groups in total. The summed E-state index contributed by atoms with van der Waals surface area (Å²) in [7, 11) is 0. The van der Waals surface area contributed by atoms with Crippen molar-refractivity contribution in [1.82, 2.24) is 10.3 Å². The molecule has 0 spiro atoms. The van der Waals surface area contributed by atoms with E-state index in [2.05, 4.69) is 23.5 Å². The molecular formula is C22H18N2O2. The standard InChI is InChI=1S/C22H18N2O2/c1-3-4-6-16(2)24-22(25)21-8-5-7-17-15-19(9-10-20(17)21)26-18-11-13-23-14-12-18/h3-15H,1-2H2,(H,24,25)/b6-4-. The molecule has 0 radical (unpaired) electrons. The first-order valence-electron chi connectivity index (χ1n) is 8.07. The third-order valence-corrected chi connectivity index (χ3v) is 3.69. The third kappa shape index (κ3) is 4.05. The molecule has 0 saturated heterocycles. The molecule has 128 valence electrons. The molecule has 0 fully saturated rings. The minimum absolute atomic E-state index is 0.211. The Balaban J connectivity index is 1.86. The predicted octanol–water partition coefficient (Wildman–Crippen LogP) is 5.01. The van der Waals surface area contributed by atoms with Gasteiger partial charge in [-0.2, -0.15) is 0 Å². The maximum atomic E-state index is 12.5. The molecule has 0 aliphatic carbocycles. The van der Waals surface area contributed by atoms with Crippen LogP contribution in [0.5, 0.6) is 11.5 Å². The zero-order valence-corrected chi connectivity index (χ0v) is 14.2. The van der Waals surface area contributed by atoms with E-state index in [4.69, 9.17) is 4.74 Å². The first kappa shape index (κ1) is 17.2. The number of nitrogens with zero attached hydrogens (tertiary/aromatic N) is 1. The molecule has 0 aliphatic heterocycles. The lowest BCUT2D eigenvalue weighted by atomic mass is 10.0. The van der Waals surface area contributed by atoms with E-state index in [0.29, 0.717) is 22.8 Å². The minimum Gasteiger partial charge on any atom is -0.457 e. The van der Waals surface area contributed by atoms with Gasteiger partial charge in [-0.05, 0) is 53.2 Å². The van der Waals surface area contributed by atoms with E-state index < -0.39 is 0 Å². The van der Waals surface area contributed by atoms with Crippen molar-refractivity contribution < 1.29 is 9.53 Å². The molecule has 26 heavy (non-hydrogen) atoms. The minimum atomic E-state index is -0.211. The Hall–Kier alpha value is -3.66. The summed E-state index contributed by atoms with van der Waals surface area (Å²) in [5, 5.41) is 4.53. The van der Waals surface area contributed by atoms with Crippen molar-refractivity contribution in [2.75, 3.05) is 0 Å². The molecule has 0 saturated carbocycles. The van der Waals surface area contributed by atoms with Gasteiger partial charge >= 0.3 is 0 Å². The SMILES string of the molecule is C=C/C=C\C(=C)NC(=O)c1cccc2cc(Oc3ccncc3)ccc12. The number of carbonyl (C=O) groups excluding carboxylic acids is 1. The van der Waals surface area contributed by atoms with Gasteiger partial charge in [0.25, 0.3) is 5.91 Å². The first-order chi connectivity index (χ1) is 12.7. The fourth-order valence-corrected chi connectivity index (χ4v) is 2.50. The summed E-state index contributed by atoms with van der Waals surface area (Å²) in [5.74, 6) is 1.19. The van der Waals surface area contributed by atoms with E-state index in [-0.39, 0.29) is 5.91 Å². The Kier molecular flexibility index (Phi) is 5.25. The normalized spacial score (nSPS) is 10.6. The van der Waals surface area contributed by atoms with Gasteiger partial charge < -0.3 is 10.1 Å². The maximum absolute atomic E-state index is 12.5. The number of carbonyl (C=O) groups is 1. The summed E-state index contributed by atoms with van der Waals surface area (Å²) in [6.07, 6.45) is 8.38. The zero-order valence-electron chi connectivity index (χ0n) is 14.2. The number of hydrogen-bond acceptors (Lipinski definition) is 3. The summed E-state index contributed by atoms with van der Waals surface area (Å²) in [4.78, 5) is 16.5. The quantitative estimate of drug-likeness (QED) is 0.640. The van der Waals surface area contributed by atoms with Crippen LogP contribution in [-0.2, 0) is 0 Å². The number of ether oxygens (including phenoxy) is 1. The molecule has 3 rings (SSSR count). The smallest absolute Gasteiger partial charge is 0.256 e. The van der Waals surface area contributed by atoms with Crippen LogP contribution in [0.25, 0.3) is 10.8 Å². The summed E-state index contributed by atoms with van der Waals surface area (Å²) < 4.78 is 5.82. The van der Waals surface area contributed by atoms with Crippen molar-refractivity contribution in [1.29, 1.82) is 0 Å². The Morgan fingerprint density at radius 1 is 1.08 bits per heavy atom. The maximum Gasteiger partial charge on any atom is 0.256 e. The molecular weight excluding hydrogens is 324 g/mol. The Bertz CT molecular complexity index is 991. The fourth-order valence-electron chi connectivity index (χ4n) is 2.50. The monoisotopic (exact) mass is 342 g/mol. The molecule has 4 heteroatoms. The van der Waals surface area contributed by atoms with Crippen LogP contribution < -0.4 is 10.1 Å². The average Bonchev–Trinajstić information content (AvgIpc) is 2.66. The average molecular weight is 342 g/mol. The highest BCUT2D eigenvalue weighted by molar-refractivity contribution is 6.07. The molecule has 1 amide bonds. The van der Waals surface area contributed by atoms with Crippen LogP contribution in [-0.4, -0.2) is 10.9 Å². The number of rotatable bonds is 6. The lowest BCUT2D eigenvalue weighted by Crippen LogP contribution is -2.21. The highest BCUT2D eigenvalue weighted by atomic mass is 16.5. The lowest BCUT2D eigenvalue weighted by Gasteiger charge is -2.10. The zero-order chi connectivity index (χ0) is 18.4. The number of pyridine rings is 1. The molecule has 3 aromatic rings. The van der Waals surface area contributed by atoms with E-state index in [1.165, 1.54) is 0 Å². The fraction of sp³-hybridized carbons (Fsp3) is 0. The van der Waals surface area contributed by atoms with E-state index in [1.807, 2.05) is 30.3 Å². The Morgan fingerprint density at radius 2 is 1.88 bits per heavy atom. The number of nitrogens with one attached hydrogen (secondary N) is 1. The Labute approximate surface area is 152 Å². The molecule has 0 aliphatic rings. The van der Waals surface area contributed by atoms with Crippen molar-refractivity contribution >= 4 is 16.7 Å².